The lowest BCUT2D eigenvalue weighted by atomic mass is 10.1. The maximum atomic E-state index is 12.0. The van der Waals surface area contributed by atoms with Crippen LogP contribution in [0, 0.1) is 6.92 Å². The molecule has 0 fully saturated rings. The Hall–Kier alpha value is -1.74. The second-order valence-electron chi connectivity index (χ2n) is 5.40. The Morgan fingerprint density at radius 2 is 1.86 bits per heavy atom. The van der Waals surface area contributed by atoms with Crippen molar-refractivity contribution in [2.24, 2.45) is 0 Å². The standard InChI is InChI=1S/C18H21NOS/c1-13(2)21-17-9-7-15(8-10-17)12-18(20)19-16-6-4-5-14(3)11-16/h4-11,13H,12H2,1-3H3,(H,19,20). The molecule has 0 atom stereocenters. The zero-order valence-corrected chi connectivity index (χ0v) is 13.5. The van der Waals surface area contributed by atoms with Crippen molar-refractivity contribution in [1.82, 2.24) is 0 Å². The van der Waals surface area contributed by atoms with Crippen LogP contribution in [-0.2, 0) is 11.2 Å². The number of nitrogens with one attached hydrogen (secondary N) is 1. The second-order valence-corrected chi connectivity index (χ2v) is 7.05. The molecule has 0 aromatic heterocycles. The van der Waals surface area contributed by atoms with Crippen molar-refractivity contribution in [2.75, 3.05) is 5.32 Å². The zero-order chi connectivity index (χ0) is 15.2. The molecule has 0 saturated heterocycles. The van der Waals surface area contributed by atoms with Crippen LogP contribution < -0.4 is 5.32 Å². The number of aryl methyl sites for hydroxylation is 1. The summed E-state index contributed by atoms with van der Waals surface area (Å²) in [6, 6.07) is 16.1. The van der Waals surface area contributed by atoms with Gasteiger partial charge < -0.3 is 5.32 Å². The van der Waals surface area contributed by atoms with E-state index < -0.39 is 0 Å². The molecule has 0 heterocycles. The molecular weight excluding hydrogens is 278 g/mol. The maximum Gasteiger partial charge on any atom is 0.228 e. The number of hydrogen-bond acceptors (Lipinski definition) is 2. The Morgan fingerprint density at radius 1 is 1.14 bits per heavy atom. The fourth-order valence-corrected chi connectivity index (χ4v) is 2.91. The van der Waals surface area contributed by atoms with Gasteiger partial charge in [0.25, 0.3) is 0 Å². The lowest BCUT2D eigenvalue weighted by Gasteiger charge is -2.08. The highest BCUT2D eigenvalue weighted by Gasteiger charge is 2.05. The average molecular weight is 299 g/mol. The van der Waals surface area contributed by atoms with Crippen LogP contribution in [0.25, 0.3) is 0 Å². The van der Waals surface area contributed by atoms with Crippen molar-refractivity contribution in [3.63, 3.8) is 0 Å². The molecule has 2 rings (SSSR count). The molecule has 110 valence electrons. The van der Waals surface area contributed by atoms with E-state index in [9.17, 15) is 4.79 Å². The molecule has 1 amide bonds. The van der Waals surface area contributed by atoms with E-state index in [0.717, 1.165) is 16.8 Å². The number of benzene rings is 2. The van der Waals surface area contributed by atoms with Gasteiger partial charge in [-0.15, -0.1) is 11.8 Å². The normalized spacial score (nSPS) is 10.7. The third-order valence-electron chi connectivity index (χ3n) is 2.96. The van der Waals surface area contributed by atoms with E-state index >= 15 is 0 Å². The van der Waals surface area contributed by atoms with Crippen LogP contribution in [0.5, 0.6) is 0 Å². The number of hydrogen-bond donors (Lipinski definition) is 1. The van der Waals surface area contributed by atoms with Crippen LogP contribution >= 0.6 is 11.8 Å². The molecule has 21 heavy (non-hydrogen) atoms. The van der Waals surface area contributed by atoms with Gasteiger partial charge in [-0.2, -0.15) is 0 Å². The molecular formula is C18H21NOS. The van der Waals surface area contributed by atoms with Gasteiger partial charge in [0, 0.05) is 15.8 Å². The summed E-state index contributed by atoms with van der Waals surface area (Å²) in [7, 11) is 0. The molecule has 2 nitrogen and oxygen atoms in total. The number of carbonyl (C=O) groups excluding carboxylic acids is 1. The molecule has 0 aliphatic heterocycles. The number of anilines is 1. The number of rotatable bonds is 5. The van der Waals surface area contributed by atoms with E-state index in [1.165, 1.54) is 4.90 Å². The summed E-state index contributed by atoms with van der Waals surface area (Å²) in [6.07, 6.45) is 0.403. The Labute approximate surface area is 131 Å². The van der Waals surface area contributed by atoms with Gasteiger partial charge in [0.05, 0.1) is 6.42 Å². The molecule has 0 aliphatic carbocycles. The van der Waals surface area contributed by atoms with E-state index in [2.05, 4.69) is 31.3 Å². The van der Waals surface area contributed by atoms with Gasteiger partial charge in [-0.3, -0.25) is 4.79 Å². The summed E-state index contributed by atoms with van der Waals surface area (Å²) < 4.78 is 0. The van der Waals surface area contributed by atoms with Crippen LogP contribution in [0.4, 0.5) is 5.69 Å². The summed E-state index contributed by atoms with van der Waals surface area (Å²) in [5.41, 5.74) is 3.03. The lowest BCUT2D eigenvalue weighted by Crippen LogP contribution is -2.14. The molecule has 2 aromatic rings. The van der Waals surface area contributed by atoms with E-state index in [1.807, 2.05) is 55.1 Å². The Balaban J connectivity index is 1.93. The molecule has 2 aromatic carbocycles. The van der Waals surface area contributed by atoms with Crippen LogP contribution in [-0.4, -0.2) is 11.2 Å². The fourth-order valence-electron chi connectivity index (χ4n) is 2.07. The van der Waals surface area contributed by atoms with Crippen molar-refractivity contribution in [3.05, 3.63) is 59.7 Å². The Morgan fingerprint density at radius 3 is 2.48 bits per heavy atom. The monoisotopic (exact) mass is 299 g/mol. The van der Waals surface area contributed by atoms with E-state index in [-0.39, 0.29) is 5.91 Å². The van der Waals surface area contributed by atoms with Crippen molar-refractivity contribution in [3.8, 4) is 0 Å². The Kier molecular flexibility index (Phi) is 5.45. The number of thioether (sulfide) groups is 1. The molecule has 0 aliphatic rings. The first kappa shape index (κ1) is 15.6. The van der Waals surface area contributed by atoms with Crippen molar-refractivity contribution in [2.45, 2.75) is 37.3 Å². The third kappa shape index (κ3) is 5.27. The molecule has 0 unspecified atom stereocenters. The summed E-state index contributed by atoms with van der Waals surface area (Å²) in [5.74, 6) is 0.0184. The van der Waals surface area contributed by atoms with Crippen molar-refractivity contribution in [1.29, 1.82) is 0 Å². The molecule has 3 heteroatoms. The first-order valence-corrected chi connectivity index (χ1v) is 8.03. The van der Waals surface area contributed by atoms with E-state index in [0.29, 0.717) is 11.7 Å². The minimum atomic E-state index is 0.0184. The predicted molar refractivity (Wildman–Crippen MR) is 90.9 cm³/mol. The highest BCUT2D eigenvalue weighted by Crippen LogP contribution is 2.23. The van der Waals surface area contributed by atoms with Gasteiger partial charge in [0.15, 0.2) is 0 Å². The second kappa shape index (κ2) is 7.32. The molecule has 0 saturated carbocycles. The lowest BCUT2D eigenvalue weighted by molar-refractivity contribution is -0.115. The molecule has 0 spiro atoms. The van der Waals surface area contributed by atoms with Gasteiger partial charge in [0.2, 0.25) is 5.91 Å². The quantitative estimate of drug-likeness (QED) is 0.812. The number of amides is 1. The SMILES string of the molecule is Cc1cccc(NC(=O)Cc2ccc(SC(C)C)cc2)c1. The highest BCUT2D eigenvalue weighted by molar-refractivity contribution is 7.99. The first-order chi connectivity index (χ1) is 10.0. The van der Waals surface area contributed by atoms with Crippen molar-refractivity contribution >= 4 is 23.4 Å². The number of carbonyl (C=O) groups is 1. The van der Waals surface area contributed by atoms with Crippen molar-refractivity contribution < 1.29 is 4.79 Å². The summed E-state index contributed by atoms with van der Waals surface area (Å²) >= 11 is 1.83. The maximum absolute atomic E-state index is 12.0. The van der Waals surface area contributed by atoms with E-state index in [4.69, 9.17) is 0 Å². The first-order valence-electron chi connectivity index (χ1n) is 7.15. The third-order valence-corrected chi connectivity index (χ3v) is 3.98. The van der Waals surface area contributed by atoms with E-state index in [1.54, 1.807) is 0 Å². The minimum Gasteiger partial charge on any atom is -0.326 e. The van der Waals surface area contributed by atoms with Crippen LogP contribution in [0.3, 0.4) is 0 Å². The minimum absolute atomic E-state index is 0.0184. The van der Waals surface area contributed by atoms with Gasteiger partial charge in [-0.25, -0.2) is 0 Å². The summed E-state index contributed by atoms with van der Waals surface area (Å²) in [4.78, 5) is 13.3. The molecule has 1 N–H and O–H groups in total. The smallest absolute Gasteiger partial charge is 0.228 e. The zero-order valence-electron chi connectivity index (χ0n) is 12.7. The average Bonchev–Trinajstić information content (AvgIpc) is 2.40. The molecule has 0 bridgehead atoms. The predicted octanol–water partition coefficient (Wildman–Crippen LogP) is 4.68. The van der Waals surface area contributed by atoms with Gasteiger partial charge >= 0.3 is 0 Å². The fraction of sp³-hybridized carbons (Fsp3) is 0.278. The molecule has 0 radical (unpaired) electrons. The van der Waals surface area contributed by atoms with Crippen LogP contribution in [0.15, 0.2) is 53.4 Å². The summed E-state index contributed by atoms with van der Waals surface area (Å²) in [6.45, 7) is 6.36. The van der Waals surface area contributed by atoms with Gasteiger partial charge in [-0.05, 0) is 42.3 Å². The van der Waals surface area contributed by atoms with Crippen LogP contribution in [0.1, 0.15) is 25.0 Å². The topological polar surface area (TPSA) is 29.1 Å². The van der Waals surface area contributed by atoms with Gasteiger partial charge in [-0.1, -0.05) is 38.1 Å². The van der Waals surface area contributed by atoms with Gasteiger partial charge in [0.1, 0.15) is 0 Å². The highest BCUT2D eigenvalue weighted by atomic mass is 32.2. The van der Waals surface area contributed by atoms with Crippen LogP contribution in [0.2, 0.25) is 0 Å². The largest absolute Gasteiger partial charge is 0.326 e. The summed E-state index contributed by atoms with van der Waals surface area (Å²) in [5, 5.41) is 3.50. The Bertz CT molecular complexity index is 605.